The van der Waals surface area contributed by atoms with Crippen molar-refractivity contribution in [2.45, 2.75) is 44.7 Å². The Kier molecular flexibility index (Phi) is 8.71. The molecule has 2 N–H and O–H groups in total. The van der Waals surface area contributed by atoms with Crippen molar-refractivity contribution >= 4 is 11.9 Å². The lowest BCUT2D eigenvalue weighted by molar-refractivity contribution is 0.0901. The Bertz CT molecular complexity index is 978. The zero-order valence-electron chi connectivity index (χ0n) is 19.6. The number of para-hydroxylation sites is 1. The van der Waals surface area contributed by atoms with Gasteiger partial charge < -0.3 is 15.0 Å². The Morgan fingerprint density at radius 1 is 1.15 bits per heavy atom. The topological polar surface area (TPSA) is 89.8 Å². The zero-order valence-corrected chi connectivity index (χ0v) is 19.6. The number of amides is 1. The quantitative estimate of drug-likeness (QED) is 0.289. The van der Waals surface area contributed by atoms with Gasteiger partial charge in [-0.25, -0.2) is 0 Å². The summed E-state index contributed by atoms with van der Waals surface area (Å²) in [5, 5.41) is 15.0. The van der Waals surface area contributed by atoms with Crippen LogP contribution in [0.4, 0.5) is 0 Å². The molecule has 1 aliphatic rings. The van der Waals surface area contributed by atoms with E-state index < -0.39 is 0 Å². The van der Waals surface area contributed by atoms with Gasteiger partial charge in [-0.2, -0.15) is 5.26 Å². The van der Waals surface area contributed by atoms with E-state index in [4.69, 9.17) is 10.00 Å². The molecule has 1 atom stereocenters. The molecule has 1 unspecified atom stereocenters. The number of benzene rings is 2. The van der Waals surface area contributed by atoms with Crippen LogP contribution >= 0.6 is 0 Å². The van der Waals surface area contributed by atoms with Crippen LogP contribution in [0.3, 0.4) is 0 Å². The van der Waals surface area contributed by atoms with Crippen molar-refractivity contribution in [2.24, 2.45) is 10.9 Å². The lowest BCUT2D eigenvalue weighted by atomic mass is 9.78. The molecule has 0 saturated heterocycles. The number of ether oxygens (including phenoxy) is 1. The Morgan fingerprint density at radius 3 is 2.45 bits per heavy atom. The van der Waals surface area contributed by atoms with Crippen molar-refractivity contribution in [3.63, 3.8) is 0 Å². The smallest absolute Gasteiger partial charge is 0.255 e. The molecule has 33 heavy (non-hydrogen) atoms. The number of aliphatic imine (C=N–C) groups is 1. The maximum absolute atomic E-state index is 13.2. The molecule has 7 heteroatoms. The van der Waals surface area contributed by atoms with E-state index in [1.54, 1.807) is 19.2 Å². The first kappa shape index (κ1) is 24.1. The Hall–Kier alpha value is -3.53. The number of nitrogens with zero attached hydrogens (tertiary/aromatic N) is 3. The first-order valence-electron chi connectivity index (χ1n) is 11.5. The van der Waals surface area contributed by atoms with Gasteiger partial charge in [0, 0.05) is 19.6 Å². The second-order valence-corrected chi connectivity index (χ2v) is 8.28. The summed E-state index contributed by atoms with van der Waals surface area (Å²) in [6.07, 6.45) is 5.84. The van der Waals surface area contributed by atoms with Crippen molar-refractivity contribution < 1.29 is 9.53 Å². The molecule has 1 fully saturated rings. The second-order valence-electron chi connectivity index (χ2n) is 8.28. The van der Waals surface area contributed by atoms with Crippen molar-refractivity contribution in [3.05, 3.63) is 65.7 Å². The molecule has 0 heterocycles. The molecule has 2 aromatic carbocycles. The molecule has 3 rings (SSSR count). The number of carbonyl (C=O) groups is 1. The molecular formula is C26H33N5O2. The molecule has 0 aromatic heterocycles. The van der Waals surface area contributed by atoms with Crippen LogP contribution in [0, 0.1) is 17.4 Å². The third-order valence-corrected chi connectivity index (χ3v) is 6.37. The highest BCUT2D eigenvalue weighted by Gasteiger charge is 2.32. The van der Waals surface area contributed by atoms with Gasteiger partial charge in [-0.05, 0) is 56.2 Å². The average Bonchev–Trinajstić information content (AvgIpc) is 2.87. The molecule has 0 aliphatic heterocycles. The number of methoxy groups -OCH3 is 1. The first-order chi connectivity index (χ1) is 16.1. The van der Waals surface area contributed by atoms with Gasteiger partial charge in [-0.1, -0.05) is 42.5 Å². The zero-order chi connectivity index (χ0) is 23.6. The third kappa shape index (κ3) is 6.04. The minimum absolute atomic E-state index is 0.0871. The summed E-state index contributed by atoms with van der Waals surface area (Å²) in [7, 11) is 3.57. The van der Waals surface area contributed by atoms with Crippen LogP contribution < -0.4 is 15.4 Å². The van der Waals surface area contributed by atoms with Gasteiger partial charge in [0.25, 0.3) is 5.91 Å². The number of hydrogen-bond donors (Lipinski definition) is 2. The minimum atomic E-state index is -0.129. The van der Waals surface area contributed by atoms with E-state index in [2.05, 4.69) is 32.7 Å². The van der Waals surface area contributed by atoms with Crippen LogP contribution in [-0.2, 0) is 0 Å². The summed E-state index contributed by atoms with van der Waals surface area (Å²) >= 11 is 0. The van der Waals surface area contributed by atoms with Gasteiger partial charge in [0.1, 0.15) is 5.75 Å². The summed E-state index contributed by atoms with van der Waals surface area (Å²) in [4.78, 5) is 19.7. The fourth-order valence-corrected chi connectivity index (χ4v) is 4.62. The number of rotatable bonds is 7. The maximum atomic E-state index is 13.2. The SMILES string of the molecule is CCN=C(NC#N)N(C)C1CCC(C(NC(=O)c2ccccc2OC)c2ccccc2)CC1. The van der Waals surface area contributed by atoms with E-state index in [-0.39, 0.29) is 11.9 Å². The molecule has 1 amide bonds. The number of hydrogen-bond acceptors (Lipinski definition) is 4. The molecule has 1 saturated carbocycles. The van der Waals surface area contributed by atoms with Crippen molar-refractivity contribution in [1.29, 1.82) is 5.26 Å². The van der Waals surface area contributed by atoms with E-state index >= 15 is 0 Å². The predicted octanol–water partition coefficient (Wildman–Crippen LogP) is 4.10. The third-order valence-electron chi connectivity index (χ3n) is 6.37. The molecule has 0 bridgehead atoms. The second kappa shape index (κ2) is 11.9. The lowest BCUT2D eigenvalue weighted by Gasteiger charge is -2.38. The first-order valence-corrected chi connectivity index (χ1v) is 11.5. The highest BCUT2D eigenvalue weighted by molar-refractivity contribution is 5.97. The number of nitriles is 1. The lowest BCUT2D eigenvalue weighted by Crippen LogP contribution is -2.46. The largest absolute Gasteiger partial charge is 0.496 e. The number of guanidine groups is 1. The van der Waals surface area contributed by atoms with Gasteiger partial charge in [0.15, 0.2) is 6.19 Å². The normalized spacial score (nSPS) is 19.2. The highest BCUT2D eigenvalue weighted by atomic mass is 16.5. The predicted molar refractivity (Wildman–Crippen MR) is 130 cm³/mol. The summed E-state index contributed by atoms with van der Waals surface area (Å²) in [5.41, 5.74) is 1.65. The summed E-state index contributed by atoms with van der Waals surface area (Å²) in [5.74, 6) is 1.37. The summed E-state index contributed by atoms with van der Waals surface area (Å²) < 4.78 is 5.40. The Labute approximate surface area is 196 Å². The Balaban J connectivity index is 1.75. The molecule has 0 radical (unpaired) electrons. The highest BCUT2D eigenvalue weighted by Crippen LogP contribution is 2.36. The van der Waals surface area contributed by atoms with Crippen molar-refractivity contribution in [1.82, 2.24) is 15.5 Å². The fraction of sp³-hybridized carbons (Fsp3) is 0.423. The number of nitrogens with one attached hydrogen (secondary N) is 2. The Morgan fingerprint density at radius 2 is 1.82 bits per heavy atom. The van der Waals surface area contributed by atoms with Crippen LogP contribution in [0.15, 0.2) is 59.6 Å². The van der Waals surface area contributed by atoms with Gasteiger partial charge >= 0.3 is 0 Å². The monoisotopic (exact) mass is 447 g/mol. The van der Waals surface area contributed by atoms with Crippen LogP contribution in [-0.4, -0.2) is 43.5 Å². The minimum Gasteiger partial charge on any atom is -0.496 e. The summed E-state index contributed by atoms with van der Waals surface area (Å²) in [6.45, 7) is 2.58. The molecule has 1 aliphatic carbocycles. The van der Waals surface area contributed by atoms with Crippen molar-refractivity contribution in [2.75, 3.05) is 20.7 Å². The van der Waals surface area contributed by atoms with Crippen LogP contribution in [0.5, 0.6) is 5.75 Å². The number of carbonyl (C=O) groups excluding carboxylic acids is 1. The van der Waals surface area contributed by atoms with Gasteiger partial charge in [0.05, 0.1) is 18.7 Å². The molecule has 2 aromatic rings. The standard InChI is InChI=1S/C26H33N5O2/c1-4-28-26(29-18-27)31(2)21-16-14-20(15-17-21)24(19-10-6-5-7-11-19)30-25(32)22-12-8-9-13-23(22)33-3/h5-13,20-21,24H,4,14-17H2,1-3H3,(H,28,29)(H,30,32). The average molecular weight is 448 g/mol. The van der Waals surface area contributed by atoms with Gasteiger partial charge in [-0.3, -0.25) is 15.1 Å². The maximum Gasteiger partial charge on any atom is 0.255 e. The van der Waals surface area contributed by atoms with Crippen LogP contribution in [0.2, 0.25) is 0 Å². The molecule has 0 spiro atoms. The van der Waals surface area contributed by atoms with E-state index in [9.17, 15) is 4.79 Å². The van der Waals surface area contributed by atoms with Gasteiger partial charge in [0.2, 0.25) is 5.96 Å². The summed E-state index contributed by atoms with van der Waals surface area (Å²) in [6, 6.07) is 17.7. The molecule has 174 valence electrons. The van der Waals surface area contributed by atoms with Crippen LogP contribution in [0.1, 0.15) is 54.6 Å². The van der Waals surface area contributed by atoms with Crippen molar-refractivity contribution in [3.8, 4) is 11.9 Å². The fourth-order valence-electron chi connectivity index (χ4n) is 4.62. The van der Waals surface area contributed by atoms with Gasteiger partial charge in [-0.15, -0.1) is 0 Å². The van der Waals surface area contributed by atoms with Crippen LogP contribution in [0.25, 0.3) is 0 Å². The van der Waals surface area contributed by atoms with E-state index in [1.165, 1.54) is 0 Å². The van der Waals surface area contributed by atoms with E-state index in [1.807, 2.05) is 50.5 Å². The molecular weight excluding hydrogens is 414 g/mol. The van der Waals surface area contributed by atoms with E-state index in [0.29, 0.717) is 35.8 Å². The van der Waals surface area contributed by atoms with E-state index in [0.717, 1.165) is 31.2 Å². The molecule has 7 nitrogen and oxygen atoms in total.